The molecule has 2 aromatic heterocycles. The summed E-state index contributed by atoms with van der Waals surface area (Å²) < 4.78 is 3.22. The first-order valence-electron chi connectivity index (χ1n) is 5.59. The van der Waals surface area contributed by atoms with Crippen molar-refractivity contribution in [3.63, 3.8) is 0 Å². The highest BCUT2D eigenvalue weighted by Gasteiger charge is 2.11. The topological polar surface area (TPSA) is 38.7 Å². The van der Waals surface area contributed by atoms with Gasteiger partial charge in [-0.3, -0.25) is 0 Å². The van der Waals surface area contributed by atoms with Crippen molar-refractivity contribution in [2.75, 3.05) is 0 Å². The zero-order chi connectivity index (χ0) is 12.5. The molecule has 0 aliphatic carbocycles. The Morgan fingerprint density at radius 3 is 2.61 bits per heavy atom. The highest BCUT2D eigenvalue weighted by Crippen LogP contribution is 2.36. The van der Waals surface area contributed by atoms with Gasteiger partial charge in [-0.05, 0) is 23.9 Å². The fourth-order valence-corrected chi connectivity index (χ4v) is 4.60. The van der Waals surface area contributed by atoms with Gasteiger partial charge in [-0.15, -0.1) is 21.5 Å². The number of fused-ring (bicyclic) bond motifs is 1. The molecule has 2 heterocycles. The van der Waals surface area contributed by atoms with Crippen molar-refractivity contribution >= 4 is 44.7 Å². The first kappa shape index (κ1) is 12.1. The average Bonchev–Trinajstić information content (AvgIpc) is 2.94. The number of rotatable bonds is 3. The van der Waals surface area contributed by atoms with Gasteiger partial charge in [0, 0.05) is 5.92 Å². The maximum absolute atomic E-state index is 4.58. The molecule has 3 aromatic rings. The fourth-order valence-electron chi connectivity index (χ4n) is 1.46. The van der Waals surface area contributed by atoms with Crippen LogP contribution in [0.3, 0.4) is 0 Å². The summed E-state index contributed by atoms with van der Waals surface area (Å²) in [6.07, 6.45) is 0. The number of thiazole rings is 1. The van der Waals surface area contributed by atoms with Gasteiger partial charge in [-0.2, -0.15) is 0 Å². The zero-order valence-corrected chi connectivity index (χ0v) is 12.4. The van der Waals surface area contributed by atoms with E-state index in [0.29, 0.717) is 5.92 Å². The second kappa shape index (κ2) is 4.95. The normalized spacial score (nSPS) is 11.5. The van der Waals surface area contributed by atoms with Gasteiger partial charge in [-0.1, -0.05) is 37.3 Å². The Labute approximate surface area is 117 Å². The van der Waals surface area contributed by atoms with Crippen LogP contribution in [0.2, 0.25) is 0 Å². The van der Waals surface area contributed by atoms with Crippen LogP contribution in [0.25, 0.3) is 10.2 Å². The quantitative estimate of drug-likeness (QED) is 0.716. The van der Waals surface area contributed by atoms with Crippen molar-refractivity contribution in [2.45, 2.75) is 28.4 Å². The van der Waals surface area contributed by atoms with Crippen LogP contribution in [0.1, 0.15) is 24.8 Å². The van der Waals surface area contributed by atoms with Crippen LogP contribution in [0, 0.1) is 0 Å². The molecule has 6 heteroatoms. The van der Waals surface area contributed by atoms with Gasteiger partial charge in [-0.25, -0.2) is 4.98 Å². The Balaban J connectivity index is 1.86. The third kappa shape index (κ3) is 2.41. The molecule has 0 N–H and O–H groups in total. The van der Waals surface area contributed by atoms with Gasteiger partial charge >= 0.3 is 0 Å². The minimum atomic E-state index is 0.437. The summed E-state index contributed by atoms with van der Waals surface area (Å²) >= 11 is 4.96. The van der Waals surface area contributed by atoms with E-state index >= 15 is 0 Å². The maximum atomic E-state index is 4.58. The molecule has 3 nitrogen and oxygen atoms in total. The Kier molecular flexibility index (Phi) is 3.32. The van der Waals surface area contributed by atoms with Crippen LogP contribution in [0.15, 0.2) is 32.9 Å². The molecule has 0 spiro atoms. The van der Waals surface area contributed by atoms with E-state index in [4.69, 9.17) is 0 Å². The van der Waals surface area contributed by atoms with E-state index in [1.165, 1.54) is 4.70 Å². The minimum Gasteiger partial charge on any atom is -0.229 e. The van der Waals surface area contributed by atoms with Crippen molar-refractivity contribution < 1.29 is 0 Å². The molecule has 0 saturated carbocycles. The summed E-state index contributed by atoms with van der Waals surface area (Å²) in [5.41, 5.74) is 1.05. The van der Waals surface area contributed by atoms with Crippen molar-refractivity contribution in [3.05, 3.63) is 29.3 Å². The molecule has 1 aromatic carbocycles. The lowest BCUT2D eigenvalue weighted by Gasteiger charge is -1.93. The summed E-state index contributed by atoms with van der Waals surface area (Å²) in [6.45, 7) is 4.26. The first-order chi connectivity index (χ1) is 8.72. The van der Waals surface area contributed by atoms with E-state index in [9.17, 15) is 0 Å². The number of nitrogens with zero attached hydrogens (tertiary/aromatic N) is 3. The summed E-state index contributed by atoms with van der Waals surface area (Å²) in [5, 5.41) is 9.47. The monoisotopic (exact) mass is 293 g/mol. The number of para-hydroxylation sites is 1. The third-order valence-corrected chi connectivity index (χ3v) is 5.74. The second-order valence-electron chi connectivity index (χ2n) is 4.11. The SMILES string of the molecule is CC(C)c1nnc(Sc2nc3ccccc3s2)s1. The number of hydrogen-bond acceptors (Lipinski definition) is 6. The Bertz CT molecular complexity index is 639. The van der Waals surface area contributed by atoms with Gasteiger partial charge < -0.3 is 0 Å². The summed E-state index contributed by atoms with van der Waals surface area (Å²) in [7, 11) is 0. The van der Waals surface area contributed by atoms with Crippen LogP contribution < -0.4 is 0 Å². The van der Waals surface area contributed by atoms with E-state index in [0.717, 1.165) is 19.2 Å². The Hall–Kier alpha value is -0.980. The summed E-state index contributed by atoms with van der Waals surface area (Å²) in [5.74, 6) is 0.437. The van der Waals surface area contributed by atoms with E-state index in [2.05, 4.69) is 35.1 Å². The molecule has 0 radical (unpaired) electrons. The lowest BCUT2D eigenvalue weighted by Crippen LogP contribution is -1.83. The molecular formula is C12H11N3S3. The van der Waals surface area contributed by atoms with Gasteiger partial charge in [0.25, 0.3) is 0 Å². The molecule has 0 aliphatic rings. The first-order valence-corrected chi connectivity index (χ1v) is 8.04. The largest absolute Gasteiger partial charge is 0.229 e. The predicted octanol–water partition coefficient (Wildman–Crippen LogP) is 4.42. The molecule has 18 heavy (non-hydrogen) atoms. The van der Waals surface area contributed by atoms with Crippen LogP contribution in [-0.2, 0) is 0 Å². The molecule has 0 atom stereocenters. The Morgan fingerprint density at radius 2 is 1.89 bits per heavy atom. The number of hydrogen-bond donors (Lipinski definition) is 0. The lowest BCUT2D eigenvalue weighted by molar-refractivity contribution is 0.817. The standard InChI is InChI=1S/C12H11N3S3/c1-7(2)10-14-15-12(17-10)18-11-13-8-5-3-4-6-9(8)16-11/h3-7H,1-2H3. The lowest BCUT2D eigenvalue weighted by atomic mass is 10.2. The molecule has 0 amide bonds. The predicted molar refractivity (Wildman–Crippen MR) is 77.7 cm³/mol. The van der Waals surface area contributed by atoms with Crippen molar-refractivity contribution in [1.82, 2.24) is 15.2 Å². The summed E-state index contributed by atoms with van der Waals surface area (Å²) in [4.78, 5) is 4.58. The van der Waals surface area contributed by atoms with E-state index in [1.807, 2.05) is 18.2 Å². The molecule has 0 aliphatic heterocycles. The Morgan fingerprint density at radius 1 is 1.06 bits per heavy atom. The van der Waals surface area contributed by atoms with Gasteiger partial charge in [0.05, 0.1) is 10.2 Å². The average molecular weight is 293 g/mol. The van der Waals surface area contributed by atoms with E-state index in [1.54, 1.807) is 34.4 Å². The summed E-state index contributed by atoms with van der Waals surface area (Å²) in [6, 6.07) is 8.18. The van der Waals surface area contributed by atoms with Crippen LogP contribution >= 0.6 is 34.4 Å². The van der Waals surface area contributed by atoms with Crippen molar-refractivity contribution in [2.24, 2.45) is 0 Å². The molecular weight excluding hydrogens is 282 g/mol. The van der Waals surface area contributed by atoms with Crippen LogP contribution in [0.5, 0.6) is 0 Å². The van der Waals surface area contributed by atoms with Crippen molar-refractivity contribution in [1.29, 1.82) is 0 Å². The molecule has 0 unspecified atom stereocenters. The molecule has 0 saturated heterocycles. The molecule has 0 fully saturated rings. The van der Waals surface area contributed by atoms with Gasteiger partial charge in [0.15, 0.2) is 8.68 Å². The van der Waals surface area contributed by atoms with Crippen LogP contribution in [-0.4, -0.2) is 15.2 Å². The minimum absolute atomic E-state index is 0.437. The molecule has 92 valence electrons. The highest BCUT2D eigenvalue weighted by molar-refractivity contribution is 8.02. The van der Waals surface area contributed by atoms with Crippen LogP contribution in [0.4, 0.5) is 0 Å². The fraction of sp³-hybridized carbons (Fsp3) is 0.250. The smallest absolute Gasteiger partial charge is 0.181 e. The number of benzene rings is 1. The maximum Gasteiger partial charge on any atom is 0.181 e. The van der Waals surface area contributed by atoms with Gasteiger partial charge in [0.1, 0.15) is 5.01 Å². The zero-order valence-electron chi connectivity index (χ0n) is 9.95. The second-order valence-corrected chi connectivity index (χ2v) is 7.64. The van der Waals surface area contributed by atoms with E-state index < -0.39 is 0 Å². The highest BCUT2D eigenvalue weighted by atomic mass is 32.2. The van der Waals surface area contributed by atoms with Crippen molar-refractivity contribution in [3.8, 4) is 0 Å². The molecule has 3 rings (SSSR count). The van der Waals surface area contributed by atoms with Gasteiger partial charge in [0.2, 0.25) is 0 Å². The third-order valence-electron chi connectivity index (χ3n) is 2.36. The van der Waals surface area contributed by atoms with E-state index in [-0.39, 0.29) is 0 Å². The molecule has 0 bridgehead atoms. The number of aromatic nitrogens is 3.